The highest BCUT2D eigenvalue weighted by Gasteiger charge is 2.35. The first kappa shape index (κ1) is 12.0. The van der Waals surface area contributed by atoms with Gasteiger partial charge in [0.15, 0.2) is 0 Å². The van der Waals surface area contributed by atoms with Crippen molar-refractivity contribution >= 4 is 0 Å². The molecule has 0 aromatic rings. The summed E-state index contributed by atoms with van der Waals surface area (Å²) in [5.41, 5.74) is 0. The third-order valence-corrected chi connectivity index (χ3v) is 3.63. The van der Waals surface area contributed by atoms with Gasteiger partial charge in [-0.1, -0.05) is 27.7 Å². The van der Waals surface area contributed by atoms with Gasteiger partial charge in [0.25, 0.3) is 0 Å². The van der Waals surface area contributed by atoms with Crippen molar-refractivity contribution in [1.29, 1.82) is 0 Å². The van der Waals surface area contributed by atoms with Gasteiger partial charge in [0.2, 0.25) is 0 Å². The molecule has 0 aromatic carbocycles. The number of aliphatic hydroxyl groups is 1. The first-order valence-electron chi connectivity index (χ1n) is 6.02. The number of hydrogen-bond acceptors (Lipinski definition) is 2. The van der Waals surface area contributed by atoms with E-state index < -0.39 is 0 Å². The van der Waals surface area contributed by atoms with Crippen LogP contribution >= 0.6 is 0 Å². The number of likely N-dealkylation sites (N-methyl/N-ethyl adjacent to an activating group) is 1. The third-order valence-electron chi connectivity index (χ3n) is 3.63. The lowest BCUT2D eigenvalue weighted by molar-refractivity contribution is -0.0205. The molecule has 0 radical (unpaired) electrons. The van der Waals surface area contributed by atoms with Gasteiger partial charge in [0.05, 0.1) is 6.10 Å². The molecular formula is C12H25NO. The first-order chi connectivity index (χ1) is 6.60. The second kappa shape index (κ2) is 5.13. The highest BCUT2D eigenvalue weighted by molar-refractivity contribution is 4.89. The van der Waals surface area contributed by atoms with Crippen molar-refractivity contribution < 1.29 is 5.11 Å². The highest BCUT2D eigenvalue weighted by Crippen LogP contribution is 2.32. The average Bonchev–Trinajstić information content (AvgIpc) is 2.10. The summed E-state index contributed by atoms with van der Waals surface area (Å²) >= 11 is 0. The summed E-state index contributed by atoms with van der Waals surface area (Å²) in [6.07, 6.45) is 2.12. The molecule has 0 aromatic heterocycles. The minimum Gasteiger partial charge on any atom is -0.391 e. The summed E-state index contributed by atoms with van der Waals surface area (Å²) < 4.78 is 0. The van der Waals surface area contributed by atoms with E-state index in [-0.39, 0.29) is 6.10 Å². The molecule has 84 valence electrons. The van der Waals surface area contributed by atoms with Gasteiger partial charge in [-0.25, -0.2) is 0 Å². The van der Waals surface area contributed by atoms with Gasteiger partial charge in [-0.05, 0) is 37.8 Å². The first-order valence-corrected chi connectivity index (χ1v) is 6.02. The van der Waals surface area contributed by atoms with E-state index >= 15 is 0 Å². The Bertz CT molecular complexity index is 156. The maximum atomic E-state index is 10.1. The molecule has 0 spiro atoms. The van der Waals surface area contributed by atoms with Crippen molar-refractivity contribution in [2.45, 2.75) is 52.7 Å². The molecule has 2 nitrogen and oxygen atoms in total. The maximum Gasteiger partial charge on any atom is 0.0700 e. The molecule has 0 heterocycles. The Hall–Kier alpha value is -0.0800. The quantitative estimate of drug-likeness (QED) is 0.752. The van der Waals surface area contributed by atoms with Gasteiger partial charge in [0.1, 0.15) is 0 Å². The van der Waals surface area contributed by atoms with Crippen LogP contribution in [0.4, 0.5) is 0 Å². The molecule has 0 aliphatic heterocycles. The van der Waals surface area contributed by atoms with E-state index in [4.69, 9.17) is 0 Å². The van der Waals surface area contributed by atoms with Crippen LogP contribution in [-0.4, -0.2) is 35.2 Å². The number of rotatable bonds is 3. The van der Waals surface area contributed by atoms with E-state index in [1.165, 1.54) is 6.42 Å². The van der Waals surface area contributed by atoms with Crippen LogP contribution in [-0.2, 0) is 0 Å². The second-order valence-electron chi connectivity index (χ2n) is 4.83. The zero-order valence-electron chi connectivity index (χ0n) is 10.0. The van der Waals surface area contributed by atoms with E-state index in [1.54, 1.807) is 0 Å². The van der Waals surface area contributed by atoms with Gasteiger partial charge in [0, 0.05) is 6.04 Å². The molecule has 4 unspecified atom stereocenters. The van der Waals surface area contributed by atoms with E-state index in [9.17, 15) is 5.11 Å². The van der Waals surface area contributed by atoms with Gasteiger partial charge < -0.3 is 5.11 Å². The van der Waals surface area contributed by atoms with Crippen LogP contribution in [0.5, 0.6) is 0 Å². The van der Waals surface area contributed by atoms with E-state index in [2.05, 4.69) is 32.6 Å². The molecule has 1 saturated carbocycles. The molecular weight excluding hydrogens is 174 g/mol. The summed E-state index contributed by atoms with van der Waals surface area (Å²) in [5.74, 6) is 1.32. The molecule has 0 amide bonds. The predicted octanol–water partition coefficient (Wildman–Crippen LogP) is 2.12. The van der Waals surface area contributed by atoms with E-state index in [1.807, 2.05) is 0 Å². The molecule has 1 rings (SSSR count). The number of aliphatic hydroxyl groups excluding tert-OH is 1. The average molecular weight is 199 g/mol. The number of hydrogen-bond donors (Lipinski definition) is 1. The Morgan fingerprint density at radius 3 is 2.14 bits per heavy atom. The third kappa shape index (κ3) is 2.48. The van der Waals surface area contributed by atoms with Crippen molar-refractivity contribution in [3.63, 3.8) is 0 Å². The second-order valence-corrected chi connectivity index (χ2v) is 4.83. The monoisotopic (exact) mass is 199 g/mol. The van der Waals surface area contributed by atoms with Crippen molar-refractivity contribution in [3.05, 3.63) is 0 Å². The normalized spacial score (nSPS) is 39.0. The molecule has 0 saturated heterocycles. The fourth-order valence-corrected chi connectivity index (χ4v) is 3.05. The Labute approximate surface area is 88.3 Å². The van der Waals surface area contributed by atoms with Crippen LogP contribution in [0.2, 0.25) is 0 Å². The summed E-state index contributed by atoms with van der Waals surface area (Å²) in [4.78, 5) is 2.40. The van der Waals surface area contributed by atoms with Crippen molar-refractivity contribution in [3.8, 4) is 0 Å². The lowest BCUT2D eigenvalue weighted by atomic mass is 9.77. The minimum atomic E-state index is -0.117. The Kier molecular flexibility index (Phi) is 4.39. The van der Waals surface area contributed by atoms with Gasteiger partial charge >= 0.3 is 0 Å². The largest absolute Gasteiger partial charge is 0.391 e. The van der Waals surface area contributed by atoms with Crippen LogP contribution in [0.25, 0.3) is 0 Å². The van der Waals surface area contributed by atoms with Crippen LogP contribution in [0.15, 0.2) is 0 Å². The molecule has 1 aliphatic rings. The highest BCUT2D eigenvalue weighted by atomic mass is 16.3. The lowest BCUT2D eigenvalue weighted by Gasteiger charge is -2.43. The molecule has 1 N–H and O–H groups in total. The van der Waals surface area contributed by atoms with Crippen LogP contribution in [0.1, 0.15) is 40.5 Å². The van der Waals surface area contributed by atoms with Gasteiger partial charge in [-0.15, -0.1) is 0 Å². The van der Waals surface area contributed by atoms with Gasteiger partial charge in [-0.2, -0.15) is 0 Å². The molecule has 1 aliphatic carbocycles. The summed E-state index contributed by atoms with van der Waals surface area (Å²) in [7, 11) is 0. The Balaban J connectivity index is 2.65. The van der Waals surface area contributed by atoms with Crippen molar-refractivity contribution in [2.24, 2.45) is 11.8 Å². The topological polar surface area (TPSA) is 23.5 Å². The number of nitrogens with zero attached hydrogens (tertiary/aromatic N) is 1. The van der Waals surface area contributed by atoms with Crippen LogP contribution in [0.3, 0.4) is 0 Å². The predicted molar refractivity (Wildman–Crippen MR) is 60.3 cm³/mol. The molecule has 14 heavy (non-hydrogen) atoms. The standard InChI is InChI=1S/C12H25NO/c1-5-13(6-2)12-10(4)7-9(3)8-11(12)14/h9-12,14H,5-8H2,1-4H3. The van der Waals surface area contributed by atoms with E-state index in [0.717, 1.165) is 19.5 Å². The molecule has 1 fully saturated rings. The van der Waals surface area contributed by atoms with Crippen molar-refractivity contribution in [1.82, 2.24) is 4.90 Å². The zero-order valence-corrected chi connectivity index (χ0v) is 10.0. The Morgan fingerprint density at radius 2 is 1.71 bits per heavy atom. The fourth-order valence-electron chi connectivity index (χ4n) is 3.05. The summed E-state index contributed by atoms with van der Waals surface area (Å²) in [5, 5.41) is 10.1. The SMILES string of the molecule is CCN(CC)C1C(C)CC(C)CC1O. The zero-order chi connectivity index (χ0) is 10.7. The van der Waals surface area contributed by atoms with Gasteiger partial charge in [-0.3, -0.25) is 4.90 Å². The molecule has 0 bridgehead atoms. The lowest BCUT2D eigenvalue weighted by Crippen LogP contribution is -2.51. The molecule has 4 atom stereocenters. The Morgan fingerprint density at radius 1 is 1.14 bits per heavy atom. The maximum absolute atomic E-state index is 10.1. The van der Waals surface area contributed by atoms with Crippen molar-refractivity contribution in [2.75, 3.05) is 13.1 Å². The van der Waals surface area contributed by atoms with Crippen LogP contribution in [0, 0.1) is 11.8 Å². The molecule has 2 heteroatoms. The fraction of sp³-hybridized carbons (Fsp3) is 1.00. The summed E-state index contributed by atoms with van der Waals surface area (Å²) in [6, 6.07) is 0.390. The van der Waals surface area contributed by atoms with Crippen LogP contribution < -0.4 is 0 Å². The van der Waals surface area contributed by atoms with E-state index in [0.29, 0.717) is 17.9 Å². The smallest absolute Gasteiger partial charge is 0.0700 e. The summed E-state index contributed by atoms with van der Waals surface area (Å²) in [6.45, 7) is 11.0. The minimum absolute atomic E-state index is 0.117.